The van der Waals surface area contributed by atoms with Crippen LogP contribution in [0.15, 0.2) is 24.4 Å². The molecule has 1 N–H and O–H groups in total. The van der Waals surface area contributed by atoms with Crippen molar-refractivity contribution in [3.05, 3.63) is 40.1 Å². The molecule has 0 saturated heterocycles. The summed E-state index contributed by atoms with van der Waals surface area (Å²) in [6.07, 6.45) is 1.45. The number of hydrogen-bond donors (Lipinski definition) is 1. The van der Waals surface area contributed by atoms with Crippen LogP contribution in [0.5, 0.6) is 0 Å². The van der Waals surface area contributed by atoms with Crippen LogP contribution in [-0.4, -0.2) is 28.5 Å². The smallest absolute Gasteiger partial charge is 0.328 e. The molecule has 0 aliphatic rings. The Hall–Kier alpha value is -1.85. The van der Waals surface area contributed by atoms with E-state index in [1.54, 1.807) is 45.9 Å². The van der Waals surface area contributed by atoms with Gasteiger partial charge in [0.15, 0.2) is 0 Å². The molecule has 0 aliphatic heterocycles. The van der Waals surface area contributed by atoms with Crippen LogP contribution in [0.2, 0.25) is 10.2 Å². The fourth-order valence-corrected chi connectivity index (χ4v) is 2.46. The molecule has 0 fully saturated rings. The molecule has 5 nitrogen and oxygen atoms in total. The Balaban J connectivity index is 2.20. The number of hydrogen-bond acceptors (Lipinski definition) is 4. The number of rotatable bonds is 3. The lowest BCUT2D eigenvalue weighted by Crippen LogP contribution is -2.42. The minimum atomic E-state index is -0.777. The van der Waals surface area contributed by atoms with E-state index in [0.29, 0.717) is 21.4 Å². The molecule has 24 heavy (non-hydrogen) atoms. The highest BCUT2D eigenvalue weighted by Gasteiger charge is 2.23. The Morgan fingerprint density at radius 3 is 2.50 bits per heavy atom. The second-order valence-corrected chi connectivity index (χ2v) is 7.15. The lowest BCUT2D eigenvalue weighted by molar-refractivity contribution is -0.156. The first-order valence-electron chi connectivity index (χ1n) is 7.36. The molecular weight excluding hydrogens is 351 g/mol. The molecule has 0 radical (unpaired) electrons. The van der Waals surface area contributed by atoms with E-state index in [0.717, 1.165) is 0 Å². The van der Waals surface area contributed by atoms with Crippen molar-refractivity contribution in [3.8, 4) is 0 Å². The van der Waals surface area contributed by atoms with E-state index in [1.807, 2.05) is 0 Å². The number of halogens is 2. The summed E-state index contributed by atoms with van der Waals surface area (Å²) in [6.45, 7) is 6.86. The second-order valence-electron chi connectivity index (χ2n) is 6.39. The third-order valence-electron chi connectivity index (χ3n) is 3.16. The van der Waals surface area contributed by atoms with Gasteiger partial charge in [0.1, 0.15) is 16.8 Å². The van der Waals surface area contributed by atoms with Gasteiger partial charge < -0.3 is 10.1 Å². The number of fused-ring (bicyclic) bond motifs is 1. The Bertz CT molecular complexity index is 800. The van der Waals surface area contributed by atoms with Gasteiger partial charge in [-0.2, -0.15) is 0 Å². The maximum Gasteiger partial charge on any atom is 0.328 e. The average Bonchev–Trinajstić information content (AvgIpc) is 2.49. The molecule has 2 aromatic rings. The molecule has 1 aromatic carbocycles. The van der Waals surface area contributed by atoms with Gasteiger partial charge in [-0.05, 0) is 39.8 Å². The van der Waals surface area contributed by atoms with Crippen molar-refractivity contribution in [1.82, 2.24) is 10.3 Å². The number of esters is 1. The summed E-state index contributed by atoms with van der Waals surface area (Å²) < 4.78 is 5.24. The van der Waals surface area contributed by atoms with Crippen molar-refractivity contribution in [2.45, 2.75) is 39.3 Å². The predicted molar refractivity (Wildman–Crippen MR) is 94.5 cm³/mol. The molecule has 0 saturated carbocycles. The van der Waals surface area contributed by atoms with Gasteiger partial charge in [-0.25, -0.2) is 9.78 Å². The fraction of sp³-hybridized carbons (Fsp3) is 0.353. The van der Waals surface area contributed by atoms with E-state index in [-0.39, 0.29) is 5.15 Å². The number of pyridine rings is 1. The van der Waals surface area contributed by atoms with Gasteiger partial charge in [0.25, 0.3) is 5.91 Å². The number of benzene rings is 1. The first-order chi connectivity index (χ1) is 11.1. The Morgan fingerprint density at radius 1 is 1.21 bits per heavy atom. The normalized spacial score (nSPS) is 12.8. The highest BCUT2D eigenvalue weighted by atomic mass is 35.5. The number of amides is 1. The SMILES string of the molecule is C[C@H](NC(=O)c1ccc2c(Cl)cnc(Cl)c2c1)C(=O)OC(C)(C)C. The van der Waals surface area contributed by atoms with Crippen LogP contribution in [0.3, 0.4) is 0 Å². The third-order valence-corrected chi connectivity index (χ3v) is 3.76. The van der Waals surface area contributed by atoms with Gasteiger partial charge in [-0.1, -0.05) is 29.3 Å². The van der Waals surface area contributed by atoms with Gasteiger partial charge in [-0.15, -0.1) is 0 Å². The molecule has 2 rings (SSSR count). The van der Waals surface area contributed by atoms with Crippen LogP contribution in [0.1, 0.15) is 38.1 Å². The maximum atomic E-state index is 12.3. The molecule has 1 heterocycles. The van der Waals surface area contributed by atoms with Crippen molar-refractivity contribution in [3.63, 3.8) is 0 Å². The first-order valence-corrected chi connectivity index (χ1v) is 8.11. The minimum Gasteiger partial charge on any atom is -0.458 e. The van der Waals surface area contributed by atoms with Gasteiger partial charge in [0.05, 0.1) is 5.02 Å². The number of carbonyl (C=O) groups excluding carboxylic acids is 2. The molecule has 0 aliphatic carbocycles. The standard InChI is InChI=1S/C17H18Cl2N2O3/c1-9(16(23)24-17(2,3)4)21-15(22)10-5-6-11-12(7-10)14(19)20-8-13(11)18/h5-9H,1-4H3,(H,21,22)/t9-/m0/s1. The molecule has 7 heteroatoms. The zero-order chi connectivity index (χ0) is 18.1. The number of nitrogens with zero attached hydrogens (tertiary/aromatic N) is 1. The van der Waals surface area contributed by atoms with Gasteiger partial charge in [-0.3, -0.25) is 4.79 Å². The molecular formula is C17H18Cl2N2O3. The highest BCUT2D eigenvalue weighted by molar-refractivity contribution is 6.39. The van der Waals surface area contributed by atoms with E-state index >= 15 is 0 Å². The van der Waals surface area contributed by atoms with Crippen LogP contribution < -0.4 is 5.32 Å². The quantitative estimate of drug-likeness (QED) is 0.656. The molecule has 1 atom stereocenters. The van der Waals surface area contributed by atoms with E-state index in [1.165, 1.54) is 6.20 Å². The summed E-state index contributed by atoms with van der Waals surface area (Å²) in [6, 6.07) is 4.12. The highest BCUT2D eigenvalue weighted by Crippen LogP contribution is 2.28. The monoisotopic (exact) mass is 368 g/mol. The molecule has 0 bridgehead atoms. The Labute approximate surface area is 150 Å². The fourth-order valence-electron chi connectivity index (χ4n) is 2.05. The number of nitrogens with one attached hydrogen (secondary N) is 1. The molecule has 1 aromatic heterocycles. The lowest BCUT2D eigenvalue weighted by atomic mass is 10.1. The van der Waals surface area contributed by atoms with Crippen molar-refractivity contribution in [2.24, 2.45) is 0 Å². The van der Waals surface area contributed by atoms with E-state index < -0.39 is 23.5 Å². The third kappa shape index (κ3) is 4.36. The number of ether oxygens (including phenoxy) is 1. The van der Waals surface area contributed by atoms with Crippen molar-refractivity contribution in [1.29, 1.82) is 0 Å². The Morgan fingerprint density at radius 2 is 1.88 bits per heavy atom. The van der Waals surface area contributed by atoms with Crippen LogP contribution in [0, 0.1) is 0 Å². The van der Waals surface area contributed by atoms with Crippen LogP contribution >= 0.6 is 23.2 Å². The van der Waals surface area contributed by atoms with Crippen molar-refractivity contribution in [2.75, 3.05) is 0 Å². The molecule has 128 valence electrons. The second kappa shape index (κ2) is 6.95. The summed E-state index contributed by atoms with van der Waals surface area (Å²) in [5.41, 5.74) is -0.265. The van der Waals surface area contributed by atoms with Gasteiger partial charge >= 0.3 is 5.97 Å². The maximum absolute atomic E-state index is 12.3. The summed E-state index contributed by atoms with van der Waals surface area (Å²) >= 11 is 12.1. The molecule has 0 spiro atoms. The van der Waals surface area contributed by atoms with Crippen molar-refractivity contribution < 1.29 is 14.3 Å². The summed E-state index contributed by atoms with van der Waals surface area (Å²) in [4.78, 5) is 28.3. The van der Waals surface area contributed by atoms with Gasteiger partial charge in [0.2, 0.25) is 0 Å². The van der Waals surface area contributed by atoms with Gasteiger partial charge in [0, 0.05) is 22.5 Å². The zero-order valence-electron chi connectivity index (χ0n) is 13.8. The summed E-state index contributed by atoms with van der Waals surface area (Å²) in [5.74, 6) is -0.911. The minimum absolute atomic E-state index is 0.254. The number of carbonyl (C=O) groups is 2. The van der Waals surface area contributed by atoms with Crippen LogP contribution in [-0.2, 0) is 9.53 Å². The zero-order valence-corrected chi connectivity index (χ0v) is 15.3. The number of aromatic nitrogens is 1. The van der Waals surface area contributed by atoms with E-state index in [4.69, 9.17) is 27.9 Å². The largest absolute Gasteiger partial charge is 0.458 e. The van der Waals surface area contributed by atoms with E-state index in [2.05, 4.69) is 10.3 Å². The van der Waals surface area contributed by atoms with Crippen LogP contribution in [0.4, 0.5) is 0 Å². The predicted octanol–water partition coefficient (Wildman–Crippen LogP) is 4.00. The van der Waals surface area contributed by atoms with E-state index in [9.17, 15) is 9.59 Å². The summed E-state index contributed by atoms with van der Waals surface area (Å²) in [5, 5.41) is 4.58. The Kier molecular flexibility index (Phi) is 5.35. The first kappa shape index (κ1) is 18.5. The molecule has 1 amide bonds. The topological polar surface area (TPSA) is 68.3 Å². The average molecular weight is 369 g/mol. The van der Waals surface area contributed by atoms with Crippen LogP contribution in [0.25, 0.3) is 10.8 Å². The molecule has 0 unspecified atom stereocenters. The lowest BCUT2D eigenvalue weighted by Gasteiger charge is -2.22. The summed E-state index contributed by atoms with van der Waals surface area (Å²) in [7, 11) is 0. The van der Waals surface area contributed by atoms with Crippen molar-refractivity contribution >= 4 is 45.9 Å².